The Kier molecular flexibility index (Phi) is 4.87. The zero-order chi connectivity index (χ0) is 12.8. The number of ether oxygens (including phenoxy) is 2. The van der Waals surface area contributed by atoms with Gasteiger partial charge in [-0.2, -0.15) is 11.8 Å². The van der Waals surface area contributed by atoms with Crippen LogP contribution in [-0.4, -0.2) is 28.2 Å². The average Bonchev–Trinajstić information content (AvgIpc) is 2.78. The summed E-state index contributed by atoms with van der Waals surface area (Å²) in [6, 6.07) is 5.16. The molecule has 0 N–H and O–H groups in total. The molecule has 1 aliphatic rings. The second kappa shape index (κ2) is 6.64. The molecule has 98 valence electrons. The molecule has 1 aromatic rings. The lowest BCUT2D eigenvalue weighted by molar-refractivity contribution is 0.0568. The van der Waals surface area contributed by atoms with Crippen LogP contribution in [0.2, 0.25) is 0 Å². The molecule has 0 bridgehead atoms. The maximum Gasteiger partial charge on any atom is 0.515 e. The van der Waals surface area contributed by atoms with E-state index in [0.29, 0.717) is 5.25 Å². The summed E-state index contributed by atoms with van der Waals surface area (Å²) in [5.41, 5.74) is 0. The third-order valence-electron chi connectivity index (χ3n) is 2.80. The monoisotopic (exact) mass is 267 g/mol. The Morgan fingerprint density at radius 2 is 2.44 bits per heavy atom. The summed E-state index contributed by atoms with van der Waals surface area (Å²) in [4.78, 5) is 15.5. The fraction of sp³-hybridized carbons (Fsp3) is 0.538. The fourth-order valence-electron chi connectivity index (χ4n) is 1.96. The van der Waals surface area contributed by atoms with Gasteiger partial charge in [-0.1, -0.05) is 19.4 Å². The molecule has 2 rings (SSSR count). The molecule has 5 heteroatoms. The lowest BCUT2D eigenvalue weighted by Gasteiger charge is -2.17. The van der Waals surface area contributed by atoms with Gasteiger partial charge < -0.3 is 9.47 Å². The van der Waals surface area contributed by atoms with Crippen molar-refractivity contribution in [2.24, 2.45) is 0 Å². The molecule has 18 heavy (non-hydrogen) atoms. The zero-order valence-corrected chi connectivity index (χ0v) is 11.2. The van der Waals surface area contributed by atoms with E-state index in [2.05, 4.69) is 11.9 Å². The number of hydrogen-bond donors (Lipinski definition) is 0. The van der Waals surface area contributed by atoms with Gasteiger partial charge in [-0.15, -0.1) is 0 Å². The lowest BCUT2D eigenvalue weighted by Crippen LogP contribution is -2.26. The number of aromatic nitrogens is 1. The topological polar surface area (TPSA) is 48.4 Å². The van der Waals surface area contributed by atoms with Gasteiger partial charge in [0.1, 0.15) is 6.10 Å². The number of hydrogen-bond acceptors (Lipinski definition) is 5. The first kappa shape index (κ1) is 13.2. The molecule has 0 aromatic carbocycles. The van der Waals surface area contributed by atoms with Crippen LogP contribution in [0.15, 0.2) is 24.4 Å². The second-order valence-electron chi connectivity index (χ2n) is 4.16. The predicted octanol–water partition coefficient (Wildman–Crippen LogP) is 3.27. The second-order valence-corrected chi connectivity index (χ2v) is 5.51. The molecule has 1 fully saturated rings. The molecule has 4 nitrogen and oxygen atoms in total. The van der Waals surface area contributed by atoms with E-state index in [1.807, 2.05) is 11.8 Å². The Hall–Kier alpha value is -1.23. The van der Waals surface area contributed by atoms with E-state index in [1.165, 1.54) is 0 Å². The van der Waals surface area contributed by atoms with Crippen LogP contribution >= 0.6 is 11.8 Å². The van der Waals surface area contributed by atoms with Crippen LogP contribution in [0.1, 0.15) is 26.2 Å². The third-order valence-corrected chi connectivity index (χ3v) is 4.23. The third kappa shape index (κ3) is 3.63. The van der Waals surface area contributed by atoms with Gasteiger partial charge in [-0.3, -0.25) is 0 Å². The normalized spacial score (nSPS) is 22.7. The van der Waals surface area contributed by atoms with Crippen molar-refractivity contribution in [3.8, 4) is 5.88 Å². The van der Waals surface area contributed by atoms with Gasteiger partial charge in [0.25, 0.3) is 0 Å². The molecule has 1 saturated heterocycles. The number of pyridine rings is 1. The maximum absolute atomic E-state index is 11.6. The van der Waals surface area contributed by atoms with Crippen LogP contribution in [0, 0.1) is 0 Å². The van der Waals surface area contributed by atoms with Gasteiger partial charge in [-0.25, -0.2) is 9.78 Å². The highest BCUT2D eigenvalue weighted by atomic mass is 32.2. The molecule has 2 atom stereocenters. The molecule has 0 radical (unpaired) electrons. The van der Waals surface area contributed by atoms with Crippen LogP contribution in [0.4, 0.5) is 4.79 Å². The number of carbonyl (C=O) groups is 1. The van der Waals surface area contributed by atoms with Crippen molar-refractivity contribution >= 4 is 17.9 Å². The van der Waals surface area contributed by atoms with E-state index in [9.17, 15) is 4.79 Å². The minimum Gasteiger partial charge on any atom is -0.429 e. The first-order chi connectivity index (χ1) is 8.79. The number of carbonyl (C=O) groups excluding carboxylic acids is 1. The van der Waals surface area contributed by atoms with E-state index in [4.69, 9.17) is 9.47 Å². The van der Waals surface area contributed by atoms with E-state index in [0.717, 1.165) is 25.0 Å². The van der Waals surface area contributed by atoms with Crippen LogP contribution in [0.25, 0.3) is 0 Å². The molecule has 0 amide bonds. The van der Waals surface area contributed by atoms with E-state index < -0.39 is 6.16 Å². The van der Waals surface area contributed by atoms with Gasteiger partial charge in [0, 0.05) is 17.5 Å². The SMILES string of the molecule is CCCC1SCCC1OC(=O)Oc1ccccn1. The van der Waals surface area contributed by atoms with Crippen LogP contribution in [0.5, 0.6) is 5.88 Å². The number of nitrogens with zero attached hydrogens (tertiary/aromatic N) is 1. The molecule has 0 saturated carbocycles. The van der Waals surface area contributed by atoms with Crippen molar-refractivity contribution < 1.29 is 14.3 Å². The summed E-state index contributed by atoms with van der Waals surface area (Å²) >= 11 is 1.87. The summed E-state index contributed by atoms with van der Waals surface area (Å²) < 4.78 is 10.4. The molecular weight excluding hydrogens is 250 g/mol. The minimum atomic E-state index is -0.651. The molecule has 1 aromatic heterocycles. The molecule has 2 heterocycles. The molecule has 0 spiro atoms. The van der Waals surface area contributed by atoms with Gasteiger partial charge >= 0.3 is 6.16 Å². The van der Waals surface area contributed by atoms with Crippen molar-refractivity contribution in [1.29, 1.82) is 0 Å². The van der Waals surface area contributed by atoms with Crippen molar-refractivity contribution in [3.63, 3.8) is 0 Å². The Labute approximate surface area is 111 Å². The molecule has 0 aliphatic carbocycles. The van der Waals surface area contributed by atoms with Crippen LogP contribution in [0.3, 0.4) is 0 Å². The van der Waals surface area contributed by atoms with Crippen molar-refractivity contribution in [1.82, 2.24) is 4.98 Å². The molecular formula is C13H17NO3S. The lowest BCUT2D eigenvalue weighted by atomic mass is 10.1. The molecule has 1 aliphatic heterocycles. The fourth-order valence-corrected chi connectivity index (χ4v) is 3.44. The minimum absolute atomic E-state index is 0.0221. The standard InChI is InChI=1S/C13H17NO3S/c1-2-5-11-10(7-9-18-11)16-13(15)17-12-6-3-4-8-14-12/h3-4,6,8,10-11H,2,5,7,9H2,1H3. The quantitative estimate of drug-likeness (QED) is 0.784. The summed E-state index contributed by atoms with van der Waals surface area (Å²) in [6.07, 6.45) is 3.99. The van der Waals surface area contributed by atoms with E-state index >= 15 is 0 Å². The zero-order valence-electron chi connectivity index (χ0n) is 10.4. The summed E-state index contributed by atoms with van der Waals surface area (Å²) in [6.45, 7) is 2.14. The Morgan fingerprint density at radius 1 is 1.56 bits per heavy atom. The Bertz CT molecular complexity index is 385. The van der Waals surface area contributed by atoms with Gasteiger partial charge in [0.05, 0.1) is 0 Å². The van der Waals surface area contributed by atoms with Gasteiger partial charge in [0.2, 0.25) is 5.88 Å². The van der Waals surface area contributed by atoms with Crippen LogP contribution in [-0.2, 0) is 4.74 Å². The Morgan fingerprint density at radius 3 is 3.17 bits per heavy atom. The largest absolute Gasteiger partial charge is 0.515 e. The maximum atomic E-state index is 11.6. The first-order valence-corrected chi connectivity index (χ1v) is 7.25. The van der Waals surface area contributed by atoms with Crippen molar-refractivity contribution in [2.45, 2.75) is 37.5 Å². The van der Waals surface area contributed by atoms with E-state index in [-0.39, 0.29) is 12.0 Å². The summed E-state index contributed by atoms with van der Waals surface area (Å²) in [5, 5.41) is 0.409. The number of thioether (sulfide) groups is 1. The summed E-state index contributed by atoms with van der Waals surface area (Å²) in [5.74, 6) is 1.33. The van der Waals surface area contributed by atoms with Gasteiger partial charge in [-0.05, 0) is 24.7 Å². The Balaban J connectivity index is 1.84. The summed E-state index contributed by atoms with van der Waals surface area (Å²) in [7, 11) is 0. The van der Waals surface area contributed by atoms with Crippen molar-refractivity contribution in [2.75, 3.05) is 5.75 Å². The smallest absolute Gasteiger partial charge is 0.429 e. The molecule has 2 unspecified atom stereocenters. The highest BCUT2D eigenvalue weighted by molar-refractivity contribution is 8.00. The van der Waals surface area contributed by atoms with Crippen molar-refractivity contribution in [3.05, 3.63) is 24.4 Å². The average molecular weight is 267 g/mol. The van der Waals surface area contributed by atoms with Gasteiger partial charge in [0.15, 0.2) is 0 Å². The first-order valence-electron chi connectivity index (χ1n) is 6.20. The predicted molar refractivity (Wildman–Crippen MR) is 70.9 cm³/mol. The highest BCUT2D eigenvalue weighted by Crippen LogP contribution is 2.32. The highest BCUT2D eigenvalue weighted by Gasteiger charge is 2.31. The van der Waals surface area contributed by atoms with Crippen LogP contribution < -0.4 is 4.74 Å². The number of rotatable bonds is 4. The van der Waals surface area contributed by atoms with E-state index in [1.54, 1.807) is 24.4 Å².